The predicted molar refractivity (Wildman–Crippen MR) is 131 cm³/mol. The van der Waals surface area contributed by atoms with Gasteiger partial charge in [-0.3, -0.25) is 9.59 Å². The molecule has 1 aliphatic heterocycles. The van der Waals surface area contributed by atoms with Crippen molar-refractivity contribution in [2.24, 2.45) is 10.7 Å². The summed E-state index contributed by atoms with van der Waals surface area (Å²) >= 11 is 5.95. The number of halogens is 5. The third-order valence-electron chi connectivity index (χ3n) is 6.34. The maximum absolute atomic E-state index is 15.1. The highest BCUT2D eigenvalue weighted by Gasteiger charge is 2.36. The van der Waals surface area contributed by atoms with Crippen molar-refractivity contribution in [3.63, 3.8) is 0 Å². The van der Waals surface area contributed by atoms with Crippen LogP contribution in [0.1, 0.15) is 57.5 Å². The minimum absolute atomic E-state index is 0.0179. The Bertz CT molecular complexity index is 1280. The topological polar surface area (TPSA) is 85.0 Å². The number of benzene rings is 2. The van der Waals surface area contributed by atoms with E-state index in [-0.39, 0.29) is 39.9 Å². The number of rotatable bonds is 3. The van der Waals surface area contributed by atoms with E-state index in [9.17, 15) is 22.8 Å². The Kier molecular flexibility index (Phi) is 7.99. The number of alkyl halides is 3. The zero-order valence-corrected chi connectivity index (χ0v) is 20.5. The van der Waals surface area contributed by atoms with Crippen molar-refractivity contribution in [2.45, 2.75) is 31.9 Å². The van der Waals surface area contributed by atoms with E-state index in [0.717, 1.165) is 18.2 Å². The van der Waals surface area contributed by atoms with E-state index >= 15 is 4.39 Å². The molecule has 11 heteroatoms. The number of morpholine rings is 1. The molecule has 2 aliphatic rings. The number of nitrogens with two attached hydrogens (primary N) is 1. The van der Waals surface area contributed by atoms with Crippen LogP contribution in [0.4, 0.5) is 17.6 Å². The van der Waals surface area contributed by atoms with Crippen LogP contribution in [0.25, 0.3) is 5.70 Å². The van der Waals surface area contributed by atoms with Crippen molar-refractivity contribution < 1.29 is 31.9 Å². The predicted octanol–water partition coefficient (Wildman–Crippen LogP) is 5.50. The molecule has 1 saturated heterocycles. The Balaban J connectivity index is 1.68. The van der Waals surface area contributed by atoms with Gasteiger partial charge in [0.2, 0.25) is 0 Å². The molecule has 2 aromatic carbocycles. The lowest BCUT2D eigenvalue weighted by molar-refractivity contribution is -0.137. The molecule has 0 atom stereocenters. The second-order valence-corrected chi connectivity index (χ2v) is 9.13. The first-order valence-corrected chi connectivity index (χ1v) is 12.1. The molecule has 0 radical (unpaired) electrons. The van der Waals surface area contributed by atoms with Crippen molar-refractivity contribution in [3.05, 3.63) is 75.1 Å². The van der Waals surface area contributed by atoms with Gasteiger partial charge in [0.15, 0.2) is 0 Å². The molecule has 196 valence electrons. The van der Waals surface area contributed by atoms with Crippen molar-refractivity contribution in [1.29, 1.82) is 0 Å². The summed E-state index contributed by atoms with van der Waals surface area (Å²) in [5, 5.41) is -0.370. The molecule has 2 amide bonds. The first-order valence-electron chi connectivity index (χ1n) is 11.7. The third kappa shape index (κ3) is 5.86. The van der Waals surface area contributed by atoms with E-state index in [0.29, 0.717) is 51.1 Å². The number of aliphatic imine (C=N–C) groups is 1. The zero-order valence-electron chi connectivity index (χ0n) is 19.7. The number of hydrogen-bond acceptors (Lipinski definition) is 4. The van der Waals surface area contributed by atoms with Crippen LogP contribution in [0, 0.1) is 5.82 Å². The van der Waals surface area contributed by atoms with E-state index in [4.69, 9.17) is 22.1 Å². The fourth-order valence-electron chi connectivity index (χ4n) is 4.44. The monoisotopic (exact) mass is 537 g/mol. The average molecular weight is 538 g/mol. The quantitative estimate of drug-likeness (QED) is 0.524. The minimum Gasteiger partial charge on any atom is -0.398 e. The SMILES string of the molecule is N/C(=C1/CCCCC1=NC(=O)c1c(Cl)cccc1C(F)(F)F)c1ccc(C(=O)N2CCOCC2)cc1F. The van der Waals surface area contributed by atoms with Crippen molar-refractivity contribution >= 4 is 34.8 Å². The van der Waals surface area contributed by atoms with Gasteiger partial charge in [0, 0.05) is 35.6 Å². The van der Waals surface area contributed by atoms with Crippen LogP contribution in [0.2, 0.25) is 5.02 Å². The summed E-state index contributed by atoms with van der Waals surface area (Å²) in [4.78, 5) is 31.1. The Labute approximate surface area is 215 Å². The molecule has 0 spiro atoms. The summed E-state index contributed by atoms with van der Waals surface area (Å²) in [6, 6.07) is 7.01. The van der Waals surface area contributed by atoms with E-state index in [2.05, 4.69) is 4.99 Å². The molecule has 0 bridgehead atoms. The fraction of sp³-hybridized carbons (Fsp3) is 0.346. The van der Waals surface area contributed by atoms with Crippen LogP contribution in [-0.2, 0) is 10.9 Å². The van der Waals surface area contributed by atoms with Crippen molar-refractivity contribution in [2.75, 3.05) is 26.3 Å². The summed E-state index contributed by atoms with van der Waals surface area (Å²) in [7, 11) is 0. The van der Waals surface area contributed by atoms with E-state index in [1.807, 2.05) is 0 Å². The smallest absolute Gasteiger partial charge is 0.398 e. The minimum atomic E-state index is -4.80. The van der Waals surface area contributed by atoms with E-state index < -0.39 is 29.0 Å². The first-order chi connectivity index (χ1) is 17.6. The molecular formula is C26H24ClF4N3O3. The summed E-state index contributed by atoms with van der Waals surface area (Å²) < 4.78 is 60.8. The lowest BCUT2D eigenvalue weighted by Gasteiger charge is -2.27. The molecule has 6 nitrogen and oxygen atoms in total. The van der Waals surface area contributed by atoms with Gasteiger partial charge in [-0.1, -0.05) is 17.7 Å². The number of hydrogen-bond donors (Lipinski definition) is 1. The molecule has 1 saturated carbocycles. The number of nitrogens with zero attached hydrogens (tertiary/aromatic N) is 2. The summed E-state index contributed by atoms with van der Waals surface area (Å²) in [6.45, 7) is 1.63. The number of amides is 2. The van der Waals surface area contributed by atoms with Gasteiger partial charge in [0.25, 0.3) is 11.8 Å². The Hall–Kier alpha value is -3.24. The molecule has 1 heterocycles. The second kappa shape index (κ2) is 11.0. The maximum Gasteiger partial charge on any atom is 0.417 e. The molecule has 2 fully saturated rings. The molecular weight excluding hydrogens is 514 g/mol. The van der Waals surface area contributed by atoms with Gasteiger partial charge in [-0.05, 0) is 61.6 Å². The Morgan fingerprint density at radius 1 is 1.05 bits per heavy atom. The summed E-state index contributed by atoms with van der Waals surface area (Å²) in [5.74, 6) is -2.21. The lowest BCUT2D eigenvalue weighted by atomic mass is 9.89. The third-order valence-corrected chi connectivity index (χ3v) is 6.65. The van der Waals surface area contributed by atoms with Gasteiger partial charge in [0.05, 0.1) is 29.4 Å². The average Bonchev–Trinajstić information content (AvgIpc) is 2.88. The van der Waals surface area contributed by atoms with Crippen molar-refractivity contribution in [3.8, 4) is 0 Å². The van der Waals surface area contributed by atoms with Gasteiger partial charge in [-0.2, -0.15) is 13.2 Å². The van der Waals surface area contributed by atoms with Gasteiger partial charge >= 0.3 is 6.18 Å². The van der Waals surface area contributed by atoms with Gasteiger partial charge in [0.1, 0.15) is 5.82 Å². The van der Waals surface area contributed by atoms with Gasteiger partial charge < -0.3 is 15.4 Å². The standard InChI is InChI=1S/C26H24ClF4N3O3/c27-19-6-3-5-18(26(29,30)31)22(19)24(35)33-21-7-2-1-4-17(21)23(32)16-9-8-15(14-20(16)28)25(36)34-10-12-37-13-11-34/h3,5-6,8-9,14H,1-2,4,7,10-13,32H2/b23-17-,33-21?. The Morgan fingerprint density at radius 3 is 2.43 bits per heavy atom. The van der Waals surface area contributed by atoms with Crippen LogP contribution < -0.4 is 5.73 Å². The summed E-state index contributed by atoms with van der Waals surface area (Å²) in [5.41, 5.74) is 5.14. The largest absolute Gasteiger partial charge is 0.417 e. The maximum atomic E-state index is 15.1. The zero-order chi connectivity index (χ0) is 26.7. The van der Waals surface area contributed by atoms with Crippen LogP contribution in [-0.4, -0.2) is 48.7 Å². The van der Waals surface area contributed by atoms with E-state index in [1.165, 1.54) is 18.2 Å². The van der Waals surface area contributed by atoms with Gasteiger partial charge in [-0.25, -0.2) is 9.38 Å². The number of carbonyl (C=O) groups is 2. The van der Waals surface area contributed by atoms with Crippen LogP contribution in [0.15, 0.2) is 47.0 Å². The fourth-order valence-corrected chi connectivity index (χ4v) is 4.69. The molecule has 0 unspecified atom stereocenters. The molecule has 2 N–H and O–H groups in total. The van der Waals surface area contributed by atoms with E-state index in [1.54, 1.807) is 4.90 Å². The molecule has 37 heavy (non-hydrogen) atoms. The highest BCUT2D eigenvalue weighted by atomic mass is 35.5. The normalized spacial score (nSPS) is 19.2. The summed E-state index contributed by atoms with van der Waals surface area (Å²) in [6.07, 6.45) is -2.85. The molecule has 2 aromatic rings. The number of carbonyl (C=O) groups excluding carboxylic acids is 2. The van der Waals surface area contributed by atoms with Crippen LogP contribution in [0.5, 0.6) is 0 Å². The highest BCUT2D eigenvalue weighted by Crippen LogP contribution is 2.36. The molecule has 0 aromatic heterocycles. The number of ether oxygens (including phenoxy) is 1. The lowest BCUT2D eigenvalue weighted by Crippen LogP contribution is -2.40. The van der Waals surface area contributed by atoms with Crippen molar-refractivity contribution in [1.82, 2.24) is 4.90 Å². The van der Waals surface area contributed by atoms with Gasteiger partial charge in [-0.15, -0.1) is 0 Å². The van der Waals surface area contributed by atoms with Crippen LogP contribution in [0.3, 0.4) is 0 Å². The molecule has 1 aliphatic carbocycles. The highest BCUT2D eigenvalue weighted by molar-refractivity contribution is 6.34. The Morgan fingerprint density at radius 2 is 1.76 bits per heavy atom. The number of allylic oxidation sites excluding steroid dienone is 1. The first kappa shape index (κ1) is 26.8. The van der Waals surface area contributed by atoms with Crippen LogP contribution >= 0.6 is 11.6 Å². The second-order valence-electron chi connectivity index (χ2n) is 8.72. The molecule has 4 rings (SSSR count).